The zero-order valence-electron chi connectivity index (χ0n) is 15.3. The number of alkyl halides is 1. The number of oxime groups is 1. The van der Waals surface area contributed by atoms with Gasteiger partial charge in [0.15, 0.2) is 6.17 Å². The lowest BCUT2D eigenvalue weighted by atomic mass is 10.1. The van der Waals surface area contributed by atoms with Gasteiger partial charge in [-0.1, -0.05) is 52.6 Å². The van der Waals surface area contributed by atoms with Crippen molar-refractivity contribution in [3.05, 3.63) is 69.7 Å². The number of aliphatic hydroxyl groups is 1. The average Bonchev–Trinajstić information content (AvgIpc) is 2.69. The lowest BCUT2D eigenvalue weighted by molar-refractivity contribution is -0.0974. The van der Waals surface area contributed by atoms with Crippen LogP contribution in [0.1, 0.15) is 11.1 Å². The molecule has 0 aliphatic rings. The number of hydrogen-bond donors (Lipinski definition) is 1. The molecule has 2 aromatic rings. The molecule has 0 amide bonds. The number of rotatable bonds is 11. The van der Waals surface area contributed by atoms with Crippen LogP contribution >= 0.6 is 23.2 Å². The van der Waals surface area contributed by atoms with E-state index in [9.17, 15) is 9.50 Å². The Kier molecular flexibility index (Phi) is 9.67. The third-order valence-electron chi connectivity index (χ3n) is 3.83. The second-order valence-corrected chi connectivity index (χ2v) is 6.87. The largest absolute Gasteiger partial charge is 0.399 e. The van der Waals surface area contributed by atoms with Crippen LogP contribution in [0.2, 0.25) is 10.0 Å². The van der Waals surface area contributed by atoms with Gasteiger partial charge >= 0.3 is 0 Å². The molecule has 2 rings (SSSR count). The van der Waals surface area contributed by atoms with Gasteiger partial charge in [0.2, 0.25) is 0 Å². The van der Waals surface area contributed by atoms with Crippen molar-refractivity contribution in [3.63, 3.8) is 0 Å². The number of aliphatic hydroxyl groups excluding tert-OH is 1. The molecule has 0 aromatic heterocycles. The van der Waals surface area contributed by atoms with Crippen molar-refractivity contribution in [2.45, 2.75) is 31.6 Å². The summed E-state index contributed by atoms with van der Waals surface area (Å²) in [5.74, 6) is 0. The highest BCUT2D eigenvalue weighted by atomic mass is 35.5. The first-order valence-corrected chi connectivity index (χ1v) is 9.32. The molecule has 5 nitrogen and oxygen atoms in total. The number of ether oxygens (including phenoxy) is 2. The highest BCUT2D eigenvalue weighted by Crippen LogP contribution is 2.16. The Morgan fingerprint density at radius 2 is 1.54 bits per heavy atom. The Morgan fingerprint density at radius 3 is 2.07 bits per heavy atom. The summed E-state index contributed by atoms with van der Waals surface area (Å²) in [4.78, 5) is 4.50. The zero-order chi connectivity index (χ0) is 20.4. The van der Waals surface area contributed by atoms with Gasteiger partial charge in [0.05, 0.1) is 26.0 Å². The Morgan fingerprint density at radius 1 is 1.00 bits per heavy atom. The summed E-state index contributed by atoms with van der Waals surface area (Å²) < 4.78 is 25.5. The molecule has 1 N–H and O–H groups in total. The van der Waals surface area contributed by atoms with E-state index in [1.54, 1.807) is 36.4 Å². The second kappa shape index (κ2) is 12.0. The predicted octanol–water partition coefficient (Wildman–Crippen LogP) is 4.43. The fourth-order valence-electron chi connectivity index (χ4n) is 2.37. The van der Waals surface area contributed by atoms with E-state index < -0.39 is 18.4 Å². The van der Waals surface area contributed by atoms with Crippen molar-refractivity contribution in [2.24, 2.45) is 5.16 Å². The number of hydrogen-bond acceptors (Lipinski definition) is 5. The van der Waals surface area contributed by atoms with Gasteiger partial charge in [-0.3, -0.25) is 0 Å². The van der Waals surface area contributed by atoms with E-state index >= 15 is 0 Å². The van der Waals surface area contributed by atoms with Gasteiger partial charge in [0.1, 0.15) is 19.3 Å². The maximum atomic E-state index is 14.5. The molecule has 152 valence electrons. The standard InChI is InChI=1S/C20H22Cl2FNO4/c1-26-24-10-18(23)20(28-12-15-4-8-17(22)9-5-15)19(25)13-27-11-14-2-6-16(21)7-3-14/h2-10,18-20,25H,11-13H2,1H3/t18-,19-,20+/m1/s1. The van der Waals surface area contributed by atoms with E-state index in [1.807, 2.05) is 12.1 Å². The molecule has 0 spiro atoms. The van der Waals surface area contributed by atoms with E-state index in [1.165, 1.54) is 7.11 Å². The van der Waals surface area contributed by atoms with Crippen LogP contribution in [0, 0.1) is 0 Å². The third kappa shape index (κ3) is 7.73. The number of halogens is 3. The fraction of sp³-hybridized carbons (Fsp3) is 0.350. The topological polar surface area (TPSA) is 60.3 Å². The Balaban J connectivity index is 1.93. The lowest BCUT2D eigenvalue weighted by Crippen LogP contribution is -2.41. The highest BCUT2D eigenvalue weighted by molar-refractivity contribution is 6.30. The predicted molar refractivity (Wildman–Crippen MR) is 108 cm³/mol. The molecule has 8 heteroatoms. The van der Waals surface area contributed by atoms with E-state index in [0.717, 1.165) is 17.3 Å². The maximum absolute atomic E-state index is 14.5. The van der Waals surface area contributed by atoms with Crippen LogP contribution in [0.4, 0.5) is 4.39 Å². The molecule has 3 atom stereocenters. The third-order valence-corrected chi connectivity index (χ3v) is 4.33. The molecule has 0 radical (unpaired) electrons. The number of nitrogens with zero attached hydrogens (tertiary/aromatic N) is 1. The minimum Gasteiger partial charge on any atom is -0.399 e. The normalized spacial score (nSPS) is 14.8. The van der Waals surface area contributed by atoms with Crippen molar-refractivity contribution in [3.8, 4) is 0 Å². The van der Waals surface area contributed by atoms with Crippen LogP contribution < -0.4 is 0 Å². The average molecular weight is 430 g/mol. The van der Waals surface area contributed by atoms with Gasteiger partial charge in [-0.05, 0) is 35.4 Å². The van der Waals surface area contributed by atoms with Gasteiger partial charge < -0.3 is 19.4 Å². The molecule has 0 aliphatic carbocycles. The van der Waals surface area contributed by atoms with Gasteiger partial charge in [-0.15, -0.1) is 0 Å². The van der Waals surface area contributed by atoms with Gasteiger partial charge in [0, 0.05) is 10.0 Å². The molecule has 0 bridgehead atoms. The molecular formula is C20H22Cl2FNO4. The van der Waals surface area contributed by atoms with Crippen molar-refractivity contribution in [2.75, 3.05) is 13.7 Å². The molecule has 0 heterocycles. The molecule has 0 fully saturated rings. The fourth-order valence-corrected chi connectivity index (χ4v) is 2.62. The van der Waals surface area contributed by atoms with E-state index in [2.05, 4.69) is 9.99 Å². The van der Waals surface area contributed by atoms with Gasteiger partial charge in [-0.2, -0.15) is 0 Å². The first-order valence-electron chi connectivity index (χ1n) is 8.56. The smallest absolute Gasteiger partial charge is 0.167 e. The molecule has 0 saturated heterocycles. The molecule has 0 saturated carbocycles. The van der Waals surface area contributed by atoms with Crippen LogP contribution in [0.5, 0.6) is 0 Å². The first kappa shape index (κ1) is 22.6. The summed E-state index contributed by atoms with van der Waals surface area (Å²) in [5.41, 5.74) is 1.67. The minimum atomic E-state index is -1.68. The molecular weight excluding hydrogens is 408 g/mol. The van der Waals surface area contributed by atoms with Crippen LogP contribution in [-0.2, 0) is 27.5 Å². The zero-order valence-corrected chi connectivity index (χ0v) is 16.8. The van der Waals surface area contributed by atoms with Crippen molar-refractivity contribution < 1.29 is 23.8 Å². The van der Waals surface area contributed by atoms with Crippen molar-refractivity contribution >= 4 is 29.4 Å². The lowest BCUT2D eigenvalue weighted by Gasteiger charge is -2.24. The minimum absolute atomic E-state index is 0.0946. The van der Waals surface area contributed by atoms with Crippen LogP contribution in [-0.4, -0.2) is 43.4 Å². The second-order valence-electron chi connectivity index (χ2n) is 5.99. The SMILES string of the molecule is CON=C[C@@H](F)[C@H](OCc1ccc(Cl)cc1)[C@H](O)COCc1ccc(Cl)cc1. The Labute approximate surface area is 173 Å². The van der Waals surface area contributed by atoms with E-state index in [-0.39, 0.29) is 19.8 Å². The maximum Gasteiger partial charge on any atom is 0.167 e. The summed E-state index contributed by atoms with van der Waals surface area (Å²) >= 11 is 11.7. The molecule has 0 unspecified atom stereocenters. The Bertz CT molecular complexity index is 728. The van der Waals surface area contributed by atoms with Gasteiger partial charge in [-0.25, -0.2) is 4.39 Å². The van der Waals surface area contributed by atoms with Crippen molar-refractivity contribution in [1.29, 1.82) is 0 Å². The highest BCUT2D eigenvalue weighted by Gasteiger charge is 2.29. The summed E-state index contributed by atoms with van der Waals surface area (Å²) in [6.07, 6.45) is -3.13. The molecule has 2 aromatic carbocycles. The van der Waals surface area contributed by atoms with Crippen LogP contribution in [0.15, 0.2) is 53.7 Å². The number of benzene rings is 2. The van der Waals surface area contributed by atoms with Gasteiger partial charge in [0.25, 0.3) is 0 Å². The first-order chi connectivity index (χ1) is 13.5. The monoisotopic (exact) mass is 429 g/mol. The van der Waals surface area contributed by atoms with Crippen LogP contribution in [0.3, 0.4) is 0 Å². The van der Waals surface area contributed by atoms with E-state index in [4.69, 9.17) is 32.7 Å². The summed E-state index contributed by atoms with van der Waals surface area (Å²) in [6.45, 7) is 0.230. The summed E-state index contributed by atoms with van der Waals surface area (Å²) in [5, 5.41) is 15.0. The van der Waals surface area contributed by atoms with E-state index in [0.29, 0.717) is 10.0 Å². The molecule has 28 heavy (non-hydrogen) atoms. The van der Waals surface area contributed by atoms with Crippen molar-refractivity contribution in [1.82, 2.24) is 0 Å². The molecule has 0 aliphatic heterocycles. The Hall–Kier alpha value is -1.70. The quantitative estimate of drug-likeness (QED) is 0.424. The van der Waals surface area contributed by atoms with Crippen LogP contribution in [0.25, 0.3) is 0 Å². The summed E-state index contributed by atoms with van der Waals surface area (Å²) in [7, 11) is 1.30. The summed E-state index contributed by atoms with van der Waals surface area (Å²) in [6, 6.07) is 14.1.